The molecule has 0 bridgehead atoms. The van der Waals surface area contributed by atoms with E-state index in [1.54, 1.807) is 0 Å². The molecule has 5 nitrogen and oxygen atoms in total. The molecule has 2 aromatic rings. The van der Waals surface area contributed by atoms with Gasteiger partial charge in [0.25, 0.3) is 0 Å². The van der Waals surface area contributed by atoms with E-state index in [1.807, 2.05) is 48.5 Å². The van der Waals surface area contributed by atoms with Crippen molar-refractivity contribution in [2.45, 2.75) is 63.8 Å². The molecule has 0 aliphatic carbocycles. The minimum absolute atomic E-state index is 0.186. The maximum Gasteiger partial charge on any atom is 0.334 e. The van der Waals surface area contributed by atoms with Gasteiger partial charge in [-0.1, -0.05) is 69.3 Å². The SMILES string of the molecule is C=C1CC(c2ccc(-c3ccc(OC(CCCCC)C4CC(=C)C(=O)O4)cc3)cc2)OC1=O. The summed E-state index contributed by atoms with van der Waals surface area (Å²) in [6.07, 6.45) is 4.43. The van der Waals surface area contributed by atoms with Crippen LogP contribution in [0.5, 0.6) is 5.75 Å². The van der Waals surface area contributed by atoms with Crippen molar-refractivity contribution in [2.24, 2.45) is 0 Å². The van der Waals surface area contributed by atoms with Crippen molar-refractivity contribution in [3.05, 3.63) is 78.4 Å². The van der Waals surface area contributed by atoms with E-state index in [9.17, 15) is 9.59 Å². The summed E-state index contributed by atoms with van der Waals surface area (Å²) in [5.41, 5.74) is 4.12. The van der Waals surface area contributed by atoms with Crippen LogP contribution in [0.25, 0.3) is 11.1 Å². The van der Waals surface area contributed by atoms with Gasteiger partial charge in [0.1, 0.15) is 24.1 Å². The number of hydrogen-bond acceptors (Lipinski definition) is 5. The summed E-state index contributed by atoms with van der Waals surface area (Å²) in [5.74, 6) is 0.116. The monoisotopic (exact) mass is 446 g/mol. The molecule has 0 radical (unpaired) electrons. The highest BCUT2D eigenvalue weighted by Crippen LogP contribution is 2.34. The predicted octanol–water partition coefficient (Wildman–Crippen LogP) is 6.10. The van der Waals surface area contributed by atoms with Crippen molar-refractivity contribution in [3.63, 3.8) is 0 Å². The van der Waals surface area contributed by atoms with E-state index in [1.165, 1.54) is 0 Å². The van der Waals surface area contributed by atoms with E-state index in [-0.39, 0.29) is 30.3 Å². The predicted molar refractivity (Wildman–Crippen MR) is 127 cm³/mol. The number of carbonyl (C=O) groups is 2. The third-order valence-corrected chi connectivity index (χ3v) is 6.23. The number of rotatable bonds is 9. The minimum atomic E-state index is -0.320. The maximum atomic E-state index is 11.8. The van der Waals surface area contributed by atoms with E-state index in [4.69, 9.17) is 14.2 Å². The average Bonchev–Trinajstić information content (AvgIpc) is 3.34. The molecule has 0 aromatic heterocycles. The molecule has 33 heavy (non-hydrogen) atoms. The smallest absolute Gasteiger partial charge is 0.334 e. The molecule has 2 aliphatic rings. The quantitative estimate of drug-likeness (QED) is 0.265. The van der Waals surface area contributed by atoms with Gasteiger partial charge in [0.05, 0.1) is 0 Å². The zero-order valence-electron chi connectivity index (χ0n) is 19.0. The average molecular weight is 447 g/mol. The second-order valence-corrected chi connectivity index (χ2v) is 8.75. The highest BCUT2D eigenvalue weighted by molar-refractivity contribution is 5.90. The first-order chi connectivity index (χ1) is 15.9. The lowest BCUT2D eigenvalue weighted by molar-refractivity contribution is -0.142. The summed E-state index contributed by atoms with van der Waals surface area (Å²) in [7, 11) is 0. The first-order valence-electron chi connectivity index (χ1n) is 11.6. The van der Waals surface area contributed by atoms with Crippen LogP contribution in [0.2, 0.25) is 0 Å². The Bertz CT molecular complexity index is 1000. The molecule has 2 aromatic carbocycles. The van der Waals surface area contributed by atoms with Gasteiger partial charge in [0.15, 0.2) is 0 Å². The number of unbranched alkanes of at least 4 members (excludes halogenated alkanes) is 2. The molecule has 0 N–H and O–H groups in total. The third kappa shape index (κ3) is 5.36. The molecular formula is C28H30O5. The van der Waals surface area contributed by atoms with Gasteiger partial charge in [-0.3, -0.25) is 0 Å². The van der Waals surface area contributed by atoms with E-state index in [0.29, 0.717) is 24.0 Å². The van der Waals surface area contributed by atoms with Crippen molar-refractivity contribution in [2.75, 3.05) is 0 Å². The fraction of sp³-hybridized carbons (Fsp3) is 0.357. The van der Waals surface area contributed by atoms with Crippen LogP contribution in [0.1, 0.15) is 57.1 Å². The van der Waals surface area contributed by atoms with Gasteiger partial charge in [-0.2, -0.15) is 0 Å². The molecule has 2 fully saturated rings. The second kappa shape index (κ2) is 10.1. The minimum Gasteiger partial charge on any atom is -0.487 e. The first-order valence-corrected chi connectivity index (χ1v) is 11.6. The summed E-state index contributed by atoms with van der Waals surface area (Å²) >= 11 is 0. The number of esters is 2. The Morgan fingerprint density at radius 3 is 2.03 bits per heavy atom. The van der Waals surface area contributed by atoms with Gasteiger partial charge in [-0.05, 0) is 41.7 Å². The van der Waals surface area contributed by atoms with Crippen molar-refractivity contribution >= 4 is 11.9 Å². The summed E-state index contributed by atoms with van der Waals surface area (Å²) in [5, 5.41) is 0. The van der Waals surface area contributed by atoms with Gasteiger partial charge in [0.2, 0.25) is 0 Å². The molecule has 2 heterocycles. The van der Waals surface area contributed by atoms with Crippen molar-refractivity contribution in [1.82, 2.24) is 0 Å². The van der Waals surface area contributed by atoms with Crippen LogP contribution in [-0.4, -0.2) is 24.1 Å². The molecule has 0 spiro atoms. The zero-order chi connectivity index (χ0) is 23.4. The Balaban J connectivity index is 1.42. The summed E-state index contributed by atoms with van der Waals surface area (Å²) in [6.45, 7) is 9.70. The lowest BCUT2D eigenvalue weighted by Crippen LogP contribution is -2.31. The molecular weight excluding hydrogens is 416 g/mol. The van der Waals surface area contributed by atoms with Crippen LogP contribution in [-0.2, 0) is 19.1 Å². The molecule has 2 aliphatic heterocycles. The van der Waals surface area contributed by atoms with Crippen molar-refractivity contribution in [3.8, 4) is 16.9 Å². The molecule has 0 amide bonds. The Hall–Kier alpha value is -3.34. The van der Waals surface area contributed by atoms with Crippen LogP contribution in [0.4, 0.5) is 0 Å². The topological polar surface area (TPSA) is 61.8 Å². The highest BCUT2D eigenvalue weighted by atomic mass is 16.6. The number of ether oxygens (including phenoxy) is 3. The van der Waals surface area contributed by atoms with Crippen molar-refractivity contribution in [1.29, 1.82) is 0 Å². The summed E-state index contributed by atoms with van der Waals surface area (Å²) in [4.78, 5) is 23.4. The molecule has 3 atom stereocenters. The lowest BCUT2D eigenvalue weighted by atomic mass is 10.00. The van der Waals surface area contributed by atoms with Gasteiger partial charge in [-0.25, -0.2) is 9.59 Å². The lowest BCUT2D eigenvalue weighted by Gasteiger charge is -2.24. The van der Waals surface area contributed by atoms with E-state index < -0.39 is 0 Å². The normalized spacial score (nSPS) is 21.1. The standard InChI is InChI=1S/C28H30O5/c1-4-5-6-7-24(26-17-19(3)28(30)33-26)31-23-14-12-21(13-15-23)20-8-10-22(11-9-20)25-16-18(2)27(29)32-25/h8-15,24-26H,2-7,16-17H2,1H3. The van der Waals surface area contributed by atoms with E-state index in [0.717, 1.165) is 48.1 Å². The summed E-state index contributed by atoms with van der Waals surface area (Å²) in [6, 6.07) is 16.0. The largest absolute Gasteiger partial charge is 0.487 e. The van der Waals surface area contributed by atoms with Gasteiger partial charge < -0.3 is 14.2 Å². The molecule has 4 rings (SSSR count). The summed E-state index contributed by atoms with van der Waals surface area (Å²) < 4.78 is 17.1. The molecule has 172 valence electrons. The molecule has 5 heteroatoms. The first kappa shape index (κ1) is 22.8. The van der Waals surface area contributed by atoms with E-state index in [2.05, 4.69) is 20.1 Å². The zero-order valence-corrected chi connectivity index (χ0v) is 19.0. The number of carbonyl (C=O) groups excluding carboxylic acids is 2. The van der Waals surface area contributed by atoms with Crippen LogP contribution in [0.3, 0.4) is 0 Å². The van der Waals surface area contributed by atoms with Crippen LogP contribution < -0.4 is 4.74 Å². The third-order valence-electron chi connectivity index (χ3n) is 6.23. The number of cyclic esters (lactones) is 2. The Kier molecular flexibility index (Phi) is 6.97. The number of benzene rings is 2. The highest BCUT2D eigenvalue weighted by Gasteiger charge is 2.35. The van der Waals surface area contributed by atoms with Crippen molar-refractivity contribution < 1.29 is 23.8 Å². The maximum absolute atomic E-state index is 11.8. The molecule has 3 unspecified atom stereocenters. The second-order valence-electron chi connectivity index (χ2n) is 8.75. The van der Waals surface area contributed by atoms with Gasteiger partial charge in [-0.15, -0.1) is 0 Å². The molecule has 2 saturated heterocycles. The number of hydrogen-bond donors (Lipinski definition) is 0. The van der Waals surface area contributed by atoms with Gasteiger partial charge in [0, 0.05) is 24.0 Å². The van der Waals surface area contributed by atoms with Gasteiger partial charge >= 0.3 is 11.9 Å². The van der Waals surface area contributed by atoms with Crippen LogP contribution in [0, 0.1) is 0 Å². The Morgan fingerprint density at radius 2 is 1.48 bits per heavy atom. The van der Waals surface area contributed by atoms with Crippen LogP contribution >= 0.6 is 0 Å². The Labute approximate surface area is 195 Å². The van der Waals surface area contributed by atoms with Crippen LogP contribution in [0.15, 0.2) is 72.8 Å². The molecule has 0 saturated carbocycles. The Morgan fingerprint density at radius 1 is 0.879 bits per heavy atom. The fourth-order valence-electron chi connectivity index (χ4n) is 4.25. The fourth-order valence-corrected chi connectivity index (χ4v) is 4.25. The van der Waals surface area contributed by atoms with E-state index >= 15 is 0 Å².